The summed E-state index contributed by atoms with van der Waals surface area (Å²) in [6.07, 6.45) is 0. The van der Waals surface area contributed by atoms with E-state index in [0.29, 0.717) is 5.69 Å². The van der Waals surface area contributed by atoms with Crippen molar-refractivity contribution in [2.75, 3.05) is 10.5 Å². The molecule has 6 heteroatoms. The van der Waals surface area contributed by atoms with Crippen molar-refractivity contribution in [3.63, 3.8) is 0 Å². The van der Waals surface area contributed by atoms with Crippen molar-refractivity contribution in [1.29, 1.82) is 0 Å². The summed E-state index contributed by atoms with van der Waals surface area (Å²) < 4.78 is 25.3. The quantitative estimate of drug-likeness (QED) is 0.412. The first-order valence-corrected chi connectivity index (χ1v) is 5.97. The van der Waals surface area contributed by atoms with Crippen LogP contribution in [0.2, 0.25) is 0 Å². The molecular weight excluding hydrogens is 216 g/mol. The Labute approximate surface area is 89.0 Å². The predicted octanol–water partition coefficient (Wildman–Crippen LogP) is 1.12. The van der Waals surface area contributed by atoms with Gasteiger partial charge >= 0.3 is 0 Å². The maximum absolute atomic E-state index is 11.5. The standard InChI is InChI=1S/C9H14N2O3S/c1-6(2)15(13,14)11-7-3-4-9(12)8(10)5-7/h3-6,11-12H,10H2,1-2H3. The molecule has 0 saturated heterocycles. The highest BCUT2D eigenvalue weighted by atomic mass is 32.2. The number of benzene rings is 1. The van der Waals surface area contributed by atoms with E-state index in [4.69, 9.17) is 10.8 Å². The number of nitrogens with two attached hydrogens (primary N) is 1. The second-order valence-electron chi connectivity index (χ2n) is 3.47. The Kier molecular flexibility index (Phi) is 3.09. The van der Waals surface area contributed by atoms with E-state index in [1.54, 1.807) is 13.8 Å². The normalized spacial score (nSPS) is 11.7. The van der Waals surface area contributed by atoms with Gasteiger partial charge in [0, 0.05) is 0 Å². The zero-order valence-electron chi connectivity index (χ0n) is 8.56. The van der Waals surface area contributed by atoms with Crippen molar-refractivity contribution < 1.29 is 13.5 Å². The lowest BCUT2D eigenvalue weighted by Gasteiger charge is -2.11. The Morgan fingerprint density at radius 2 is 2.00 bits per heavy atom. The summed E-state index contributed by atoms with van der Waals surface area (Å²) in [6.45, 7) is 3.15. The molecule has 0 bridgehead atoms. The topological polar surface area (TPSA) is 92.4 Å². The van der Waals surface area contributed by atoms with Crippen LogP contribution >= 0.6 is 0 Å². The summed E-state index contributed by atoms with van der Waals surface area (Å²) in [5.74, 6) is -0.0671. The van der Waals surface area contributed by atoms with Crippen molar-refractivity contribution in [3.05, 3.63) is 18.2 Å². The van der Waals surface area contributed by atoms with Crippen molar-refractivity contribution in [2.45, 2.75) is 19.1 Å². The van der Waals surface area contributed by atoms with Gasteiger partial charge in [0.05, 0.1) is 16.6 Å². The zero-order valence-corrected chi connectivity index (χ0v) is 9.38. The Morgan fingerprint density at radius 3 is 2.47 bits per heavy atom. The van der Waals surface area contributed by atoms with Crippen molar-refractivity contribution in [1.82, 2.24) is 0 Å². The second kappa shape index (κ2) is 3.98. The highest BCUT2D eigenvalue weighted by Gasteiger charge is 2.15. The van der Waals surface area contributed by atoms with Crippen LogP contribution in [0.3, 0.4) is 0 Å². The van der Waals surface area contributed by atoms with Crippen molar-refractivity contribution in [2.24, 2.45) is 0 Å². The molecule has 0 fully saturated rings. The molecule has 0 spiro atoms. The second-order valence-corrected chi connectivity index (χ2v) is 5.71. The fourth-order valence-corrected chi connectivity index (χ4v) is 1.59. The first kappa shape index (κ1) is 11.6. The summed E-state index contributed by atoms with van der Waals surface area (Å²) in [6, 6.07) is 4.16. The molecule has 0 atom stereocenters. The van der Waals surface area contributed by atoms with Gasteiger partial charge in [0.2, 0.25) is 10.0 Å². The number of rotatable bonds is 3. The van der Waals surface area contributed by atoms with Crippen LogP contribution in [0.25, 0.3) is 0 Å². The zero-order chi connectivity index (χ0) is 11.6. The van der Waals surface area contributed by atoms with E-state index in [-0.39, 0.29) is 11.4 Å². The first-order valence-electron chi connectivity index (χ1n) is 4.43. The molecule has 4 N–H and O–H groups in total. The van der Waals surface area contributed by atoms with E-state index in [1.165, 1.54) is 18.2 Å². The molecule has 5 nitrogen and oxygen atoms in total. The highest BCUT2D eigenvalue weighted by molar-refractivity contribution is 7.93. The Morgan fingerprint density at radius 1 is 1.40 bits per heavy atom. The molecule has 84 valence electrons. The number of phenolic OH excluding ortho intramolecular Hbond substituents is 1. The number of sulfonamides is 1. The largest absolute Gasteiger partial charge is 0.506 e. The molecule has 0 aliphatic carbocycles. The average Bonchev–Trinajstić information content (AvgIpc) is 2.10. The van der Waals surface area contributed by atoms with Gasteiger partial charge in [-0.1, -0.05) is 0 Å². The summed E-state index contributed by atoms with van der Waals surface area (Å²) in [7, 11) is -3.37. The molecule has 0 radical (unpaired) electrons. The third-order valence-electron chi connectivity index (χ3n) is 1.91. The van der Waals surface area contributed by atoms with Crippen molar-refractivity contribution >= 4 is 21.4 Å². The van der Waals surface area contributed by atoms with E-state index in [0.717, 1.165) is 0 Å². The molecule has 0 heterocycles. The third kappa shape index (κ3) is 2.76. The van der Waals surface area contributed by atoms with Crippen LogP contribution in [0, 0.1) is 0 Å². The van der Waals surface area contributed by atoms with Crippen LogP contribution in [-0.2, 0) is 10.0 Å². The number of nitrogen functional groups attached to an aromatic ring is 1. The van der Waals surface area contributed by atoms with Gasteiger partial charge in [-0.15, -0.1) is 0 Å². The molecule has 15 heavy (non-hydrogen) atoms. The van der Waals surface area contributed by atoms with Gasteiger partial charge in [0.15, 0.2) is 0 Å². The fraction of sp³-hybridized carbons (Fsp3) is 0.333. The maximum atomic E-state index is 11.5. The van der Waals surface area contributed by atoms with E-state index in [1.807, 2.05) is 0 Å². The summed E-state index contributed by atoms with van der Waals surface area (Å²) in [4.78, 5) is 0. The number of hydrogen-bond donors (Lipinski definition) is 3. The number of aromatic hydroxyl groups is 1. The average molecular weight is 230 g/mol. The summed E-state index contributed by atoms with van der Waals surface area (Å²) in [5, 5.41) is 8.63. The van der Waals surface area contributed by atoms with Crippen LogP contribution in [0.4, 0.5) is 11.4 Å². The lowest BCUT2D eigenvalue weighted by atomic mass is 10.3. The van der Waals surface area contributed by atoms with Gasteiger partial charge in [0.1, 0.15) is 5.75 Å². The molecule has 0 aromatic heterocycles. The van der Waals surface area contributed by atoms with Gasteiger partial charge in [0.25, 0.3) is 0 Å². The number of nitrogens with one attached hydrogen (secondary N) is 1. The number of phenols is 1. The molecular formula is C9H14N2O3S. The molecule has 1 aromatic rings. The smallest absolute Gasteiger partial charge is 0.235 e. The van der Waals surface area contributed by atoms with Gasteiger partial charge in [-0.3, -0.25) is 4.72 Å². The molecule has 0 saturated carbocycles. The predicted molar refractivity (Wildman–Crippen MR) is 60.2 cm³/mol. The first-order chi connectivity index (χ1) is 6.83. The van der Waals surface area contributed by atoms with E-state index >= 15 is 0 Å². The Bertz CT molecular complexity index is 454. The number of hydrogen-bond acceptors (Lipinski definition) is 4. The van der Waals surface area contributed by atoms with Crippen LogP contribution in [-0.4, -0.2) is 18.8 Å². The fourth-order valence-electron chi connectivity index (χ4n) is 0.900. The summed E-state index contributed by atoms with van der Waals surface area (Å²) in [5.41, 5.74) is 5.91. The minimum Gasteiger partial charge on any atom is -0.506 e. The third-order valence-corrected chi connectivity index (χ3v) is 3.67. The van der Waals surface area contributed by atoms with Gasteiger partial charge in [-0.25, -0.2) is 8.42 Å². The van der Waals surface area contributed by atoms with E-state index in [2.05, 4.69) is 4.72 Å². The molecule has 0 aliphatic heterocycles. The van der Waals surface area contributed by atoms with Crippen LogP contribution in [0.5, 0.6) is 5.75 Å². The maximum Gasteiger partial charge on any atom is 0.235 e. The minimum atomic E-state index is -3.37. The van der Waals surface area contributed by atoms with Gasteiger partial charge in [-0.05, 0) is 32.0 Å². The van der Waals surface area contributed by atoms with Crippen LogP contribution in [0.15, 0.2) is 18.2 Å². The van der Waals surface area contributed by atoms with Crippen LogP contribution < -0.4 is 10.5 Å². The van der Waals surface area contributed by atoms with Gasteiger partial charge in [-0.2, -0.15) is 0 Å². The lowest BCUT2D eigenvalue weighted by Crippen LogP contribution is -2.22. The van der Waals surface area contributed by atoms with Gasteiger partial charge < -0.3 is 10.8 Å². The minimum absolute atomic E-state index is 0.0671. The molecule has 0 unspecified atom stereocenters. The Hall–Kier alpha value is -1.43. The lowest BCUT2D eigenvalue weighted by molar-refractivity contribution is 0.478. The van der Waals surface area contributed by atoms with E-state index in [9.17, 15) is 8.42 Å². The van der Waals surface area contributed by atoms with Crippen LogP contribution in [0.1, 0.15) is 13.8 Å². The summed E-state index contributed by atoms with van der Waals surface area (Å²) >= 11 is 0. The Balaban J connectivity index is 2.96. The number of anilines is 2. The molecule has 0 aliphatic rings. The molecule has 0 amide bonds. The molecule has 1 rings (SSSR count). The molecule has 1 aromatic carbocycles. The highest BCUT2D eigenvalue weighted by Crippen LogP contribution is 2.24. The monoisotopic (exact) mass is 230 g/mol. The van der Waals surface area contributed by atoms with E-state index < -0.39 is 15.3 Å². The SMILES string of the molecule is CC(C)S(=O)(=O)Nc1ccc(O)c(N)c1. The van der Waals surface area contributed by atoms with Crippen molar-refractivity contribution in [3.8, 4) is 5.75 Å².